The van der Waals surface area contributed by atoms with E-state index < -0.39 is 11.9 Å². The molecule has 9 heteroatoms. The maximum Gasteiger partial charge on any atom is 0.345 e. The molecule has 0 aliphatic rings. The number of carbonyl (C=O) groups is 2. The number of hydrogen-bond donors (Lipinski definition) is 2. The third-order valence-corrected chi connectivity index (χ3v) is 9.46. The average Bonchev–Trinajstić information content (AvgIpc) is 3.50. The summed E-state index contributed by atoms with van der Waals surface area (Å²) in [6.07, 6.45) is -0.109. The normalized spacial score (nSPS) is 11.2. The standard InChI is InChI=1S/C22H13NO4S4/c24-19(25)10-11-9-18(30-20(11)15-6-8-17(29-15)22(26)27)14-5-7-16(28-14)21-23-12-3-1-2-4-13(12)31-21/h1-9H,10H2,(H,24,25)(H,26,27). The summed E-state index contributed by atoms with van der Waals surface area (Å²) in [5.74, 6) is -1.89. The lowest BCUT2D eigenvalue weighted by Crippen LogP contribution is -1.99. The molecule has 0 atom stereocenters. The van der Waals surface area contributed by atoms with Gasteiger partial charge in [0, 0.05) is 19.5 Å². The van der Waals surface area contributed by atoms with Crippen molar-refractivity contribution in [2.45, 2.75) is 6.42 Å². The van der Waals surface area contributed by atoms with Crippen LogP contribution in [0.4, 0.5) is 0 Å². The van der Waals surface area contributed by atoms with Gasteiger partial charge in [0.15, 0.2) is 0 Å². The van der Waals surface area contributed by atoms with Crippen molar-refractivity contribution in [2.24, 2.45) is 0 Å². The number of aromatic carboxylic acids is 1. The topological polar surface area (TPSA) is 87.5 Å². The molecular formula is C22H13NO4S4. The molecule has 0 saturated heterocycles. The highest BCUT2D eigenvalue weighted by molar-refractivity contribution is 7.29. The van der Waals surface area contributed by atoms with Gasteiger partial charge in [-0.1, -0.05) is 12.1 Å². The third-order valence-electron chi connectivity index (χ3n) is 4.54. The van der Waals surface area contributed by atoms with Crippen LogP contribution in [-0.2, 0) is 11.2 Å². The highest BCUT2D eigenvalue weighted by atomic mass is 32.1. The lowest BCUT2D eigenvalue weighted by molar-refractivity contribution is -0.136. The highest BCUT2D eigenvalue weighted by Gasteiger charge is 2.19. The lowest BCUT2D eigenvalue weighted by Gasteiger charge is -1.97. The molecule has 5 aromatic rings. The fraction of sp³-hybridized carbons (Fsp3) is 0.0455. The Morgan fingerprint density at radius 1 is 0.806 bits per heavy atom. The number of carboxylic acids is 2. The van der Waals surface area contributed by atoms with Crippen molar-refractivity contribution in [3.05, 3.63) is 65.0 Å². The van der Waals surface area contributed by atoms with Gasteiger partial charge in [-0.25, -0.2) is 9.78 Å². The molecule has 0 unspecified atom stereocenters. The minimum atomic E-state index is -0.980. The largest absolute Gasteiger partial charge is 0.481 e. The molecule has 0 amide bonds. The summed E-state index contributed by atoms with van der Waals surface area (Å²) in [4.78, 5) is 32.3. The molecule has 0 fully saturated rings. The molecule has 4 aromatic heterocycles. The Kier molecular flexibility index (Phi) is 5.19. The predicted octanol–water partition coefficient (Wildman–Crippen LogP) is 6.81. The molecule has 0 spiro atoms. The quantitative estimate of drug-likeness (QED) is 0.277. The molecule has 1 aromatic carbocycles. The predicted molar refractivity (Wildman–Crippen MR) is 128 cm³/mol. The van der Waals surface area contributed by atoms with E-state index in [2.05, 4.69) is 6.07 Å². The van der Waals surface area contributed by atoms with Crippen LogP contribution in [0.5, 0.6) is 0 Å². The molecule has 0 radical (unpaired) electrons. The molecule has 2 N–H and O–H groups in total. The van der Waals surface area contributed by atoms with Crippen LogP contribution >= 0.6 is 45.3 Å². The maximum absolute atomic E-state index is 11.4. The summed E-state index contributed by atoms with van der Waals surface area (Å²) in [5, 5.41) is 19.5. The van der Waals surface area contributed by atoms with Crippen LogP contribution in [0.25, 0.3) is 39.6 Å². The first-order chi connectivity index (χ1) is 15.0. The molecule has 0 aliphatic heterocycles. The number of hydrogen-bond acceptors (Lipinski definition) is 7. The summed E-state index contributed by atoms with van der Waals surface area (Å²) in [6, 6.07) is 17.3. The van der Waals surface area contributed by atoms with Crippen LogP contribution in [0, 0.1) is 0 Å². The van der Waals surface area contributed by atoms with E-state index in [1.807, 2.05) is 36.4 Å². The Balaban J connectivity index is 1.53. The second-order valence-corrected chi connectivity index (χ2v) is 10.9. The van der Waals surface area contributed by atoms with Crippen molar-refractivity contribution in [3.8, 4) is 29.4 Å². The van der Waals surface area contributed by atoms with Crippen LogP contribution in [-0.4, -0.2) is 27.1 Å². The monoisotopic (exact) mass is 483 g/mol. The highest BCUT2D eigenvalue weighted by Crippen LogP contribution is 2.45. The third kappa shape index (κ3) is 3.92. The zero-order valence-electron chi connectivity index (χ0n) is 15.7. The van der Waals surface area contributed by atoms with E-state index in [1.165, 1.54) is 11.3 Å². The molecule has 5 nitrogen and oxygen atoms in total. The number of fused-ring (bicyclic) bond motifs is 1. The molecule has 154 valence electrons. The van der Waals surface area contributed by atoms with Crippen molar-refractivity contribution in [1.82, 2.24) is 4.98 Å². The second-order valence-electron chi connectivity index (χ2n) is 6.66. The van der Waals surface area contributed by atoms with Crippen LogP contribution in [0.15, 0.2) is 54.6 Å². The summed E-state index contributed by atoms with van der Waals surface area (Å²) in [7, 11) is 0. The Hall–Kier alpha value is -2.85. The molecule has 0 saturated carbocycles. The summed E-state index contributed by atoms with van der Waals surface area (Å²) >= 11 is 5.92. The Morgan fingerprint density at radius 3 is 2.32 bits per heavy atom. The van der Waals surface area contributed by atoms with Crippen molar-refractivity contribution in [2.75, 3.05) is 0 Å². The minimum absolute atomic E-state index is 0.109. The zero-order valence-corrected chi connectivity index (χ0v) is 19.0. The van der Waals surface area contributed by atoms with Gasteiger partial charge < -0.3 is 10.2 Å². The number of carboxylic acid groups (broad SMARTS) is 2. The average molecular weight is 484 g/mol. The number of thiophene rings is 3. The summed E-state index contributed by atoms with van der Waals surface area (Å²) < 4.78 is 1.14. The van der Waals surface area contributed by atoms with Crippen LogP contribution < -0.4 is 0 Å². The number of thiazole rings is 1. The number of aromatic nitrogens is 1. The number of para-hydroxylation sites is 1. The first kappa shape index (κ1) is 20.1. The molecule has 31 heavy (non-hydrogen) atoms. The van der Waals surface area contributed by atoms with Crippen LogP contribution in [0.2, 0.25) is 0 Å². The van der Waals surface area contributed by atoms with Crippen molar-refractivity contribution < 1.29 is 19.8 Å². The summed E-state index contributed by atoms with van der Waals surface area (Å²) in [5.41, 5.74) is 1.67. The van der Waals surface area contributed by atoms with Crippen molar-refractivity contribution in [3.63, 3.8) is 0 Å². The smallest absolute Gasteiger partial charge is 0.345 e. The van der Waals surface area contributed by atoms with E-state index in [4.69, 9.17) is 4.98 Å². The fourth-order valence-electron chi connectivity index (χ4n) is 3.19. The molecule has 5 rings (SSSR count). The lowest BCUT2D eigenvalue weighted by atomic mass is 10.1. The Morgan fingerprint density at radius 2 is 1.58 bits per heavy atom. The van der Waals surface area contributed by atoms with E-state index >= 15 is 0 Å². The van der Waals surface area contributed by atoms with E-state index in [0.29, 0.717) is 5.56 Å². The molecule has 0 bridgehead atoms. The number of rotatable bonds is 6. The number of aliphatic carboxylic acids is 1. The van der Waals surface area contributed by atoms with Gasteiger partial charge >= 0.3 is 11.9 Å². The number of nitrogens with zero attached hydrogens (tertiary/aromatic N) is 1. The Bertz CT molecular complexity index is 1410. The molecular weight excluding hydrogens is 471 g/mol. The zero-order chi connectivity index (χ0) is 21.5. The van der Waals surface area contributed by atoms with Gasteiger partial charge in [0.1, 0.15) is 9.88 Å². The van der Waals surface area contributed by atoms with Crippen LogP contribution in [0.1, 0.15) is 15.2 Å². The Labute approximate surface area is 192 Å². The minimum Gasteiger partial charge on any atom is -0.481 e. The van der Waals surface area contributed by atoms with Crippen LogP contribution in [0.3, 0.4) is 0 Å². The summed E-state index contributed by atoms with van der Waals surface area (Å²) in [6.45, 7) is 0. The molecule has 4 heterocycles. The van der Waals surface area contributed by atoms with Gasteiger partial charge in [0.05, 0.1) is 21.5 Å². The van der Waals surface area contributed by atoms with Gasteiger partial charge in [-0.3, -0.25) is 4.79 Å². The SMILES string of the molecule is O=C(O)Cc1cc(-c2ccc(-c3nc4ccccc4s3)s2)sc1-c1ccc(C(=O)O)s1. The second kappa shape index (κ2) is 8.01. The first-order valence-corrected chi connectivity index (χ1v) is 12.4. The first-order valence-electron chi connectivity index (χ1n) is 9.12. The van der Waals surface area contributed by atoms with E-state index in [-0.39, 0.29) is 11.3 Å². The van der Waals surface area contributed by atoms with Crippen molar-refractivity contribution >= 4 is 67.5 Å². The van der Waals surface area contributed by atoms with Gasteiger partial charge in [-0.05, 0) is 48.0 Å². The molecule has 0 aliphatic carbocycles. The maximum atomic E-state index is 11.4. The van der Waals surface area contributed by atoms with Gasteiger partial charge in [-0.2, -0.15) is 0 Å². The van der Waals surface area contributed by atoms with Gasteiger partial charge in [-0.15, -0.1) is 45.3 Å². The van der Waals surface area contributed by atoms with Crippen molar-refractivity contribution in [1.29, 1.82) is 0 Å². The van der Waals surface area contributed by atoms with Gasteiger partial charge in [0.2, 0.25) is 0 Å². The number of benzene rings is 1. The van der Waals surface area contributed by atoms with E-state index in [9.17, 15) is 19.8 Å². The van der Waals surface area contributed by atoms with Gasteiger partial charge in [0.25, 0.3) is 0 Å². The fourth-order valence-corrected chi connectivity index (χ4v) is 7.47. The van der Waals surface area contributed by atoms with E-state index in [1.54, 1.807) is 34.8 Å². The van der Waals surface area contributed by atoms with E-state index in [0.717, 1.165) is 50.9 Å².